The molecule has 0 saturated carbocycles. The van der Waals surface area contributed by atoms with Crippen LogP contribution < -0.4 is 0 Å². The van der Waals surface area contributed by atoms with Crippen LogP contribution in [0.25, 0.3) is 11.5 Å². The van der Waals surface area contributed by atoms with E-state index >= 15 is 0 Å². The van der Waals surface area contributed by atoms with E-state index in [0.717, 1.165) is 24.1 Å². The van der Waals surface area contributed by atoms with Crippen molar-refractivity contribution in [1.29, 1.82) is 0 Å². The smallest absolute Gasteiger partial charge is 0.178 e. The Morgan fingerprint density at radius 3 is 2.15 bits per heavy atom. The molecule has 3 aromatic heterocycles. The highest BCUT2D eigenvalue weighted by atomic mass is 14.9. The van der Waals surface area contributed by atoms with Gasteiger partial charge in [0.05, 0.1) is 0 Å². The van der Waals surface area contributed by atoms with Crippen molar-refractivity contribution in [3.8, 4) is 11.5 Å². The second-order valence-electron chi connectivity index (χ2n) is 4.49. The molecule has 4 nitrogen and oxygen atoms in total. The molecule has 0 aliphatic heterocycles. The largest absolute Gasteiger partial charge is 0.265 e. The van der Waals surface area contributed by atoms with Gasteiger partial charge in [0.15, 0.2) is 5.82 Å². The fourth-order valence-electron chi connectivity index (χ4n) is 1.95. The molecule has 3 rings (SSSR count). The van der Waals surface area contributed by atoms with Crippen LogP contribution in [0.15, 0.2) is 61.3 Å². The summed E-state index contributed by atoms with van der Waals surface area (Å²) in [5.74, 6) is 0.665. The minimum Gasteiger partial charge on any atom is -0.265 e. The molecular weight excluding hydrogens is 248 g/mol. The average molecular weight is 262 g/mol. The molecule has 0 spiro atoms. The van der Waals surface area contributed by atoms with Gasteiger partial charge in [-0.3, -0.25) is 9.97 Å². The summed E-state index contributed by atoms with van der Waals surface area (Å²) in [6, 6.07) is 9.79. The van der Waals surface area contributed by atoms with Crippen LogP contribution in [0.2, 0.25) is 0 Å². The Morgan fingerprint density at radius 2 is 1.45 bits per heavy atom. The maximum atomic E-state index is 4.38. The van der Waals surface area contributed by atoms with Crippen molar-refractivity contribution < 1.29 is 0 Å². The van der Waals surface area contributed by atoms with Gasteiger partial charge in [-0.25, -0.2) is 9.97 Å². The van der Waals surface area contributed by atoms with E-state index in [1.165, 1.54) is 5.56 Å². The number of nitrogens with zero attached hydrogens (tertiary/aromatic N) is 4. The summed E-state index contributed by atoms with van der Waals surface area (Å²) >= 11 is 0. The van der Waals surface area contributed by atoms with Crippen molar-refractivity contribution >= 4 is 0 Å². The summed E-state index contributed by atoms with van der Waals surface area (Å²) in [6.45, 7) is 0. The lowest BCUT2D eigenvalue weighted by molar-refractivity contribution is 0.930. The number of pyridine rings is 2. The molecule has 3 heterocycles. The molecule has 0 radical (unpaired) electrons. The third-order valence-corrected chi connectivity index (χ3v) is 3.05. The molecule has 0 bridgehead atoms. The summed E-state index contributed by atoms with van der Waals surface area (Å²) in [5.41, 5.74) is 3.20. The Balaban J connectivity index is 1.68. The molecule has 0 N–H and O–H groups in total. The minimum absolute atomic E-state index is 0.665. The van der Waals surface area contributed by atoms with Crippen LogP contribution in [0.1, 0.15) is 11.1 Å². The van der Waals surface area contributed by atoms with Crippen LogP contribution >= 0.6 is 0 Å². The standard InChI is InChI=1S/C16H14N4/c1-2-8-18-15(3-1)16-19-11-14(12-20-16)5-4-13-6-9-17-10-7-13/h1-3,6-12H,4-5H2. The molecule has 0 amide bonds. The maximum absolute atomic E-state index is 4.38. The Hall–Kier alpha value is -2.62. The first-order valence-electron chi connectivity index (χ1n) is 6.53. The summed E-state index contributed by atoms with van der Waals surface area (Å²) in [7, 11) is 0. The normalized spacial score (nSPS) is 10.4. The van der Waals surface area contributed by atoms with Crippen molar-refractivity contribution in [1.82, 2.24) is 19.9 Å². The number of hydrogen-bond acceptors (Lipinski definition) is 4. The molecule has 0 unspecified atom stereocenters. The van der Waals surface area contributed by atoms with Crippen molar-refractivity contribution in [2.24, 2.45) is 0 Å². The van der Waals surface area contributed by atoms with E-state index in [0.29, 0.717) is 5.82 Å². The first-order chi connectivity index (χ1) is 9.92. The van der Waals surface area contributed by atoms with Crippen LogP contribution in [0.5, 0.6) is 0 Å². The van der Waals surface area contributed by atoms with Crippen molar-refractivity contribution in [3.05, 3.63) is 72.4 Å². The highest BCUT2D eigenvalue weighted by Crippen LogP contribution is 2.11. The molecule has 0 saturated heterocycles. The zero-order chi connectivity index (χ0) is 13.6. The van der Waals surface area contributed by atoms with Gasteiger partial charge < -0.3 is 0 Å². The van der Waals surface area contributed by atoms with E-state index in [2.05, 4.69) is 19.9 Å². The molecule has 20 heavy (non-hydrogen) atoms. The Kier molecular flexibility index (Phi) is 3.73. The van der Waals surface area contributed by atoms with E-state index in [1.807, 2.05) is 55.1 Å². The Labute approximate surface area is 117 Å². The van der Waals surface area contributed by atoms with Gasteiger partial charge in [0.2, 0.25) is 0 Å². The molecule has 0 atom stereocenters. The number of rotatable bonds is 4. The molecule has 98 valence electrons. The van der Waals surface area contributed by atoms with Crippen LogP contribution in [-0.4, -0.2) is 19.9 Å². The summed E-state index contributed by atoms with van der Waals surface area (Å²) < 4.78 is 0. The predicted octanol–water partition coefficient (Wildman–Crippen LogP) is 2.72. The topological polar surface area (TPSA) is 51.6 Å². The maximum Gasteiger partial charge on any atom is 0.178 e. The molecule has 0 aliphatic rings. The second-order valence-corrected chi connectivity index (χ2v) is 4.49. The number of aryl methyl sites for hydroxylation is 2. The third-order valence-electron chi connectivity index (χ3n) is 3.05. The fraction of sp³-hybridized carbons (Fsp3) is 0.125. The number of aromatic nitrogens is 4. The van der Waals surface area contributed by atoms with E-state index < -0.39 is 0 Å². The lowest BCUT2D eigenvalue weighted by atomic mass is 10.1. The van der Waals surface area contributed by atoms with Crippen molar-refractivity contribution in [2.45, 2.75) is 12.8 Å². The monoisotopic (exact) mass is 262 g/mol. The van der Waals surface area contributed by atoms with Gasteiger partial charge in [-0.2, -0.15) is 0 Å². The van der Waals surface area contributed by atoms with Gasteiger partial charge in [-0.15, -0.1) is 0 Å². The number of hydrogen-bond donors (Lipinski definition) is 0. The summed E-state index contributed by atoms with van der Waals surface area (Å²) in [4.78, 5) is 17.0. The SMILES string of the molecule is c1ccc(-c2ncc(CCc3ccncc3)cn2)nc1. The molecule has 0 aromatic carbocycles. The average Bonchev–Trinajstić information content (AvgIpc) is 2.55. The fourth-order valence-corrected chi connectivity index (χ4v) is 1.95. The van der Waals surface area contributed by atoms with E-state index in [1.54, 1.807) is 6.20 Å². The van der Waals surface area contributed by atoms with Crippen LogP contribution in [0, 0.1) is 0 Å². The Bertz CT molecular complexity index is 651. The van der Waals surface area contributed by atoms with Gasteiger partial charge in [-0.05, 0) is 48.2 Å². The van der Waals surface area contributed by atoms with Crippen LogP contribution in [0.4, 0.5) is 0 Å². The van der Waals surface area contributed by atoms with Gasteiger partial charge in [0.1, 0.15) is 5.69 Å². The lowest BCUT2D eigenvalue weighted by Gasteiger charge is -2.03. The molecule has 0 aliphatic carbocycles. The van der Waals surface area contributed by atoms with Crippen molar-refractivity contribution in [3.63, 3.8) is 0 Å². The highest BCUT2D eigenvalue weighted by molar-refractivity contribution is 5.47. The highest BCUT2D eigenvalue weighted by Gasteiger charge is 2.02. The predicted molar refractivity (Wildman–Crippen MR) is 76.9 cm³/mol. The van der Waals surface area contributed by atoms with E-state index in [4.69, 9.17) is 0 Å². The molecule has 0 fully saturated rings. The zero-order valence-corrected chi connectivity index (χ0v) is 11.0. The summed E-state index contributed by atoms with van der Waals surface area (Å²) in [6.07, 6.45) is 11.0. The molecule has 4 heteroatoms. The van der Waals surface area contributed by atoms with Crippen LogP contribution in [0.3, 0.4) is 0 Å². The zero-order valence-electron chi connectivity index (χ0n) is 11.0. The molecular formula is C16H14N4. The second kappa shape index (κ2) is 6.02. The van der Waals surface area contributed by atoms with Gasteiger partial charge in [0, 0.05) is 31.0 Å². The first-order valence-corrected chi connectivity index (χ1v) is 6.53. The lowest BCUT2D eigenvalue weighted by Crippen LogP contribution is -1.96. The first kappa shape index (κ1) is 12.4. The van der Waals surface area contributed by atoms with E-state index in [-0.39, 0.29) is 0 Å². The van der Waals surface area contributed by atoms with E-state index in [9.17, 15) is 0 Å². The van der Waals surface area contributed by atoms with Gasteiger partial charge in [0.25, 0.3) is 0 Å². The Morgan fingerprint density at radius 1 is 0.700 bits per heavy atom. The van der Waals surface area contributed by atoms with Crippen molar-refractivity contribution in [2.75, 3.05) is 0 Å². The minimum atomic E-state index is 0.665. The summed E-state index contributed by atoms with van der Waals surface area (Å²) in [5, 5.41) is 0. The quantitative estimate of drug-likeness (QED) is 0.725. The van der Waals surface area contributed by atoms with Crippen LogP contribution in [-0.2, 0) is 12.8 Å². The molecule has 3 aromatic rings. The van der Waals surface area contributed by atoms with Gasteiger partial charge >= 0.3 is 0 Å². The van der Waals surface area contributed by atoms with Gasteiger partial charge in [-0.1, -0.05) is 6.07 Å². The third kappa shape index (κ3) is 3.03.